The van der Waals surface area contributed by atoms with Gasteiger partial charge in [-0.3, -0.25) is 4.79 Å². The maximum absolute atomic E-state index is 13.6. The molecule has 0 radical (unpaired) electrons. The molecular formula is C16H11F3O. The van der Waals surface area contributed by atoms with Crippen molar-refractivity contribution < 1.29 is 18.0 Å². The Bertz CT molecular complexity index is 671. The summed E-state index contributed by atoms with van der Waals surface area (Å²) < 4.78 is 40.1. The Morgan fingerprint density at radius 2 is 1.70 bits per heavy atom. The molecule has 0 bridgehead atoms. The molecule has 1 atom stereocenters. The van der Waals surface area contributed by atoms with Crippen LogP contribution in [0.3, 0.4) is 0 Å². The Morgan fingerprint density at radius 3 is 2.35 bits per heavy atom. The van der Waals surface area contributed by atoms with E-state index in [0.29, 0.717) is 24.1 Å². The highest BCUT2D eigenvalue weighted by Crippen LogP contribution is 2.30. The molecule has 0 aliphatic heterocycles. The molecule has 1 unspecified atom stereocenters. The second-order valence-corrected chi connectivity index (χ2v) is 4.97. The molecule has 3 rings (SSSR count). The molecule has 0 amide bonds. The Kier molecular flexibility index (Phi) is 3.08. The summed E-state index contributed by atoms with van der Waals surface area (Å²) in [7, 11) is 0. The van der Waals surface area contributed by atoms with Crippen LogP contribution in [0.1, 0.15) is 21.5 Å². The molecule has 0 saturated heterocycles. The van der Waals surface area contributed by atoms with Crippen molar-refractivity contribution >= 4 is 5.78 Å². The smallest absolute Gasteiger partial charge is 0.166 e. The normalized spacial score (nSPS) is 17.4. The van der Waals surface area contributed by atoms with Gasteiger partial charge in [-0.25, -0.2) is 13.2 Å². The summed E-state index contributed by atoms with van der Waals surface area (Å²) in [6, 6.07) is 8.43. The van der Waals surface area contributed by atoms with Gasteiger partial charge in [0.05, 0.1) is 0 Å². The summed E-state index contributed by atoms with van der Waals surface area (Å²) in [5.41, 5.74) is 1.28. The van der Waals surface area contributed by atoms with E-state index >= 15 is 0 Å². The van der Waals surface area contributed by atoms with E-state index in [1.54, 1.807) is 12.1 Å². The molecule has 2 aromatic carbocycles. The lowest BCUT2D eigenvalue weighted by Gasteiger charge is -2.10. The van der Waals surface area contributed by atoms with Crippen LogP contribution >= 0.6 is 0 Å². The van der Waals surface area contributed by atoms with Crippen LogP contribution in [-0.4, -0.2) is 5.78 Å². The van der Waals surface area contributed by atoms with Gasteiger partial charge >= 0.3 is 0 Å². The van der Waals surface area contributed by atoms with E-state index in [2.05, 4.69) is 0 Å². The van der Waals surface area contributed by atoms with Crippen LogP contribution in [0.2, 0.25) is 0 Å². The molecule has 102 valence electrons. The Morgan fingerprint density at radius 1 is 1.05 bits per heavy atom. The van der Waals surface area contributed by atoms with Gasteiger partial charge < -0.3 is 0 Å². The number of hydrogen-bond acceptors (Lipinski definition) is 1. The van der Waals surface area contributed by atoms with Crippen molar-refractivity contribution in [2.75, 3.05) is 0 Å². The second-order valence-electron chi connectivity index (χ2n) is 4.97. The molecular weight excluding hydrogens is 265 g/mol. The molecule has 4 heteroatoms. The summed E-state index contributed by atoms with van der Waals surface area (Å²) in [6.45, 7) is 0. The third-order valence-electron chi connectivity index (χ3n) is 3.68. The average molecular weight is 276 g/mol. The van der Waals surface area contributed by atoms with Gasteiger partial charge in [-0.05, 0) is 18.4 Å². The van der Waals surface area contributed by atoms with Gasteiger partial charge in [-0.1, -0.05) is 24.3 Å². The van der Waals surface area contributed by atoms with Gasteiger partial charge in [0.15, 0.2) is 5.78 Å². The minimum atomic E-state index is -0.954. The predicted molar refractivity (Wildman–Crippen MR) is 68.0 cm³/mol. The summed E-state index contributed by atoms with van der Waals surface area (Å²) >= 11 is 0. The lowest BCUT2D eigenvalue weighted by molar-refractivity contribution is 0.0935. The predicted octanol–water partition coefficient (Wildman–Crippen LogP) is 3.70. The van der Waals surface area contributed by atoms with Crippen LogP contribution in [0.5, 0.6) is 0 Å². The number of ketones is 1. The van der Waals surface area contributed by atoms with Crippen LogP contribution < -0.4 is 0 Å². The number of benzene rings is 2. The van der Waals surface area contributed by atoms with Crippen molar-refractivity contribution in [2.45, 2.75) is 12.8 Å². The highest BCUT2D eigenvalue weighted by molar-refractivity contribution is 6.02. The highest BCUT2D eigenvalue weighted by Gasteiger charge is 2.31. The maximum atomic E-state index is 13.6. The van der Waals surface area contributed by atoms with E-state index in [4.69, 9.17) is 0 Å². The number of hydrogen-bond donors (Lipinski definition) is 0. The van der Waals surface area contributed by atoms with Gasteiger partial charge in [0, 0.05) is 29.2 Å². The first kappa shape index (κ1) is 12.9. The van der Waals surface area contributed by atoms with Gasteiger partial charge in [0.2, 0.25) is 0 Å². The summed E-state index contributed by atoms with van der Waals surface area (Å²) in [6.07, 6.45) is 0.413. The molecule has 1 aliphatic rings. The standard InChI is InChI=1S/C16H11F3O/c17-11-7-14(18)13(15(19)8-11)6-10-5-9-3-1-2-4-12(9)16(10)20/h1-4,7-8,10H,5-6H2. The molecule has 0 saturated carbocycles. The Hall–Kier alpha value is -2.10. The van der Waals surface area contributed by atoms with Crippen LogP contribution in [-0.2, 0) is 12.8 Å². The van der Waals surface area contributed by atoms with Gasteiger partial charge in [0.25, 0.3) is 0 Å². The zero-order chi connectivity index (χ0) is 14.3. The first-order valence-electron chi connectivity index (χ1n) is 6.32. The molecule has 0 spiro atoms. The quantitative estimate of drug-likeness (QED) is 0.817. The molecule has 1 aliphatic carbocycles. The maximum Gasteiger partial charge on any atom is 0.166 e. The zero-order valence-corrected chi connectivity index (χ0v) is 10.5. The number of halogens is 3. The van der Waals surface area contributed by atoms with Crippen LogP contribution in [0.15, 0.2) is 36.4 Å². The van der Waals surface area contributed by atoms with E-state index in [1.807, 2.05) is 12.1 Å². The summed E-state index contributed by atoms with van der Waals surface area (Å²) in [5, 5.41) is 0. The number of rotatable bonds is 2. The van der Waals surface area contributed by atoms with E-state index in [1.165, 1.54) is 0 Å². The Labute approximate surface area is 114 Å². The van der Waals surface area contributed by atoms with E-state index in [-0.39, 0.29) is 17.8 Å². The minimum Gasteiger partial charge on any atom is -0.294 e. The second kappa shape index (κ2) is 4.78. The molecule has 0 fully saturated rings. The van der Waals surface area contributed by atoms with E-state index < -0.39 is 23.4 Å². The number of carbonyl (C=O) groups excluding carboxylic acids is 1. The van der Waals surface area contributed by atoms with Crippen molar-refractivity contribution in [3.63, 3.8) is 0 Å². The summed E-state index contributed by atoms with van der Waals surface area (Å²) in [4.78, 5) is 12.2. The lowest BCUT2D eigenvalue weighted by Crippen LogP contribution is -2.14. The van der Waals surface area contributed by atoms with Crippen LogP contribution in [0, 0.1) is 23.4 Å². The van der Waals surface area contributed by atoms with Gasteiger partial charge in [0.1, 0.15) is 17.5 Å². The largest absolute Gasteiger partial charge is 0.294 e. The monoisotopic (exact) mass is 276 g/mol. The van der Waals surface area contributed by atoms with Gasteiger partial charge in [-0.2, -0.15) is 0 Å². The minimum absolute atomic E-state index is 0.0501. The number of fused-ring (bicyclic) bond motifs is 1. The molecule has 20 heavy (non-hydrogen) atoms. The first-order chi connectivity index (χ1) is 9.56. The van der Waals surface area contributed by atoms with Crippen molar-refractivity contribution in [1.82, 2.24) is 0 Å². The van der Waals surface area contributed by atoms with Crippen molar-refractivity contribution in [3.8, 4) is 0 Å². The molecule has 2 aromatic rings. The lowest BCUT2D eigenvalue weighted by atomic mass is 9.95. The SMILES string of the molecule is O=C1c2ccccc2CC1Cc1c(F)cc(F)cc1F. The fourth-order valence-electron chi connectivity index (χ4n) is 2.70. The van der Waals surface area contributed by atoms with Crippen LogP contribution in [0.25, 0.3) is 0 Å². The first-order valence-corrected chi connectivity index (χ1v) is 6.32. The fourth-order valence-corrected chi connectivity index (χ4v) is 2.70. The Balaban J connectivity index is 1.90. The third kappa shape index (κ3) is 2.11. The third-order valence-corrected chi connectivity index (χ3v) is 3.68. The highest BCUT2D eigenvalue weighted by atomic mass is 19.1. The van der Waals surface area contributed by atoms with Crippen LogP contribution in [0.4, 0.5) is 13.2 Å². The number of carbonyl (C=O) groups is 1. The molecule has 0 N–H and O–H groups in total. The zero-order valence-electron chi connectivity index (χ0n) is 10.5. The van der Waals surface area contributed by atoms with E-state index in [0.717, 1.165) is 5.56 Å². The fraction of sp³-hybridized carbons (Fsp3) is 0.188. The van der Waals surface area contributed by atoms with Crippen molar-refractivity contribution in [1.29, 1.82) is 0 Å². The average Bonchev–Trinajstić information content (AvgIpc) is 2.71. The summed E-state index contributed by atoms with van der Waals surface area (Å²) in [5.74, 6) is -3.42. The topological polar surface area (TPSA) is 17.1 Å². The van der Waals surface area contributed by atoms with Crippen molar-refractivity contribution in [2.24, 2.45) is 5.92 Å². The number of Topliss-reactive ketones (excluding diaryl/α,β-unsaturated/α-hetero) is 1. The van der Waals surface area contributed by atoms with Gasteiger partial charge in [-0.15, -0.1) is 0 Å². The van der Waals surface area contributed by atoms with E-state index in [9.17, 15) is 18.0 Å². The van der Waals surface area contributed by atoms with Crippen molar-refractivity contribution in [3.05, 3.63) is 70.5 Å². The molecule has 0 aromatic heterocycles. The molecule has 0 heterocycles. The molecule has 1 nitrogen and oxygen atoms in total.